The molecule has 1 amide bonds. The predicted octanol–water partition coefficient (Wildman–Crippen LogP) is 12.1. The van der Waals surface area contributed by atoms with Crippen molar-refractivity contribution in [2.45, 2.75) is 140 Å². The largest absolute Gasteiger partial charge is 0.459 e. The van der Waals surface area contributed by atoms with Gasteiger partial charge in [-0.3, -0.25) is 20.2 Å². The van der Waals surface area contributed by atoms with Gasteiger partial charge in [0.1, 0.15) is 29.9 Å². The molecule has 0 bridgehead atoms. The van der Waals surface area contributed by atoms with Gasteiger partial charge < -0.3 is 38.9 Å². The van der Waals surface area contributed by atoms with Crippen LogP contribution < -0.4 is 9.47 Å². The minimum atomic E-state index is -1.51. The van der Waals surface area contributed by atoms with E-state index >= 15 is 0 Å². The first kappa shape index (κ1) is 53.5. The minimum absolute atomic E-state index is 0.0176. The van der Waals surface area contributed by atoms with E-state index in [0.717, 1.165) is 56.1 Å². The van der Waals surface area contributed by atoms with Crippen LogP contribution in [0, 0.1) is 38.0 Å². The van der Waals surface area contributed by atoms with Gasteiger partial charge in [0, 0.05) is 56.4 Å². The molecule has 16 heteroatoms. The number of aliphatic hydroxyl groups excluding tert-OH is 2. The van der Waals surface area contributed by atoms with E-state index in [1.165, 1.54) is 62.8 Å². The number of likely N-dealkylation sites (N-methyl/N-ethyl adjacent to an activating group) is 1. The summed E-state index contributed by atoms with van der Waals surface area (Å²) in [4.78, 5) is 44.1. The number of unbranched alkanes of at least 4 members (excludes halogenated alkanes) is 11. The summed E-state index contributed by atoms with van der Waals surface area (Å²) in [5, 5.41) is 47.8. The first-order chi connectivity index (χ1) is 34.0. The van der Waals surface area contributed by atoms with Crippen molar-refractivity contribution in [3.05, 3.63) is 122 Å². The van der Waals surface area contributed by atoms with Crippen LogP contribution in [0.15, 0.2) is 96.2 Å². The zero-order chi connectivity index (χ0) is 49.9. The lowest BCUT2D eigenvalue weighted by Gasteiger charge is -2.59. The maximum Gasteiger partial charge on any atom is 0.409 e. The normalized spacial score (nSPS) is 21.7. The Morgan fingerprint density at radius 3 is 2.20 bits per heavy atom. The molecule has 0 radical (unpaired) electrons. The second-order valence-electron chi connectivity index (χ2n) is 18.7. The summed E-state index contributed by atoms with van der Waals surface area (Å²) < 4.78 is 26.6. The predicted molar refractivity (Wildman–Crippen MR) is 267 cm³/mol. The Morgan fingerprint density at radius 2 is 1.53 bits per heavy atom. The number of nitro benzene ring substituents is 2. The summed E-state index contributed by atoms with van der Waals surface area (Å²) in [5.74, 6) is -1.31. The zero-order valence-corrected chi connectivity index (χ0v) is 40.9. The van der Waals surface area contributed by atoms with Crippen molar-refractivity contribution >= 4 is 23.2 Å². The first-order valence-electron chi connectivity index (χ1n) is 25.3. The number of rotatable bonds is 30. The third-order valence-electron chi connectivity index (χ3n) is 13.9. The van der Waals surface area contributed by atoms with Crippen molar-refractivity contribution in [1.82, 2.24) is 4.90 Å². The van der Waals surface area contributed by atoms with Gasteiger partial charge in [-0.15, -0.1) is 6.58 Å². The lowest BCUT2D eigenvalue weighted by atomic mass is 9.55. The van der Waals surface area contributed by atoms with E-state index in [2.05, 4.69) is 19.6 Å². The lowest BCUT2D eigenvalue weighted by molar-refractivity contribution is -0.385. The second kappa shape index (κ2) is 26.9. The molecule has 0 aromatic heterocycles. The molecule has 380 valence electrons. The maximum atomic E-state index is 14.3. The van der Waals surface area contributed by atoms with Crippen LogP contribution in [0.2, 0.25) is 0 Å². The number of aliphatic hydroxyl groups is 2. The molecule has 3 aromatic rings. The van der Waals surface area contributed by atoms with E-state index in [4.69, 9.17) is 28.9 Å². The maximum absolute atomic E-state index is 14.3. The highest BCUT2D eigenvalue weighted by atomic mass is 16.7. The summed E-state index contributed by atoms with van der Waals surface area (Å²) in [6.07, 6.45) is 19.1. The molecule has 0 unspecified atom stereocenters. The van der Waals surface area contributed by atoms with Crippen LogP contribution in [0.3, 0.4) is 0 Å². The van der Waals surface area contributed by atoms with Crippen molar-refractivity contribution in [1.29, 1.82) is 0 Å². The van der Waals surface area contributed by atoms with Crippen LogP contribution in [0.5, 0.6) is 17.2 Å². The van der Waals surface area contributed by atoms with E-state index < -0.39 is 33.7 Å². The highest BCUT2D eigenvalue weighted by Gasteiger charge is 2.65. The third-order valence-corrected chi connectivity index (χ3v) is 13.9. The highest BCUT2D eigenvalue weighted by molar-refractivity contribution is 6.03. The topological polar surface area (TPSA) is 206 Å². The molecule has 1 heterocycles. The standard InChI is InChI=1S/C54H72N4O12/c1-4-6-7-8-9-10-11-12-13-18-33-66-53(61)56(3)50-37-48(55-68-38-39-24-26-41(27-25-39)57(62)63)46-34-40(20-14-16-30-59)45(23-15-17-31-60)51-47-36-44(69-43-22-19-21-42(35-43)58(64)65)28-29-49(47)70-54(50,52(46)51)67-32-5-2/h5,19,21-22,24-29,34-36,40,45,50-52,59-60H,2,4,6-18,20,23,30-33,37-38H2,1,3H3/t40-,45+,50-,51+,52+,54+/m0/s1. The molecule has 3 aromatic carbocycles. The summed E-state index contributed by atoms with van der Waals surface area (Å²) in [6, 6.07) is 16.8. The molecule has 1 fully saturated rings. The van der Waals surface area contributed by atoms with Crippen molar-refractivity contribution in [3.63, 3.8) is 0 Å². The molecule has 1 saturated carbocycles. The summed E-state index contributed by atoms with van der Waals surface area (Å²) >= 11 is 0. The summed E-state index contributed by atoms with van der Waals surface area (Å²) in [5.41, 5.74) is 2.73. The molecule has 0 spiro atoms. The average Bonchev–Trinajstić information content (AvgIpc) is 3.36. The number of carbonyl (C=O) groups is 1. The number of ether oxygens (including phenoxy) is 4. The van der Waals surface area contributed by atoms with Gasteiger partial charge in [-0.05, 0) is 91.5 Å². The quantitative estimate of drug-likeness (QED) is 0.0277. The Labute approximate surface area is 412 Å². The fourth-order valence-corrected chi connectivity index (χ4v) is 10.5. The number of oxime groups is 1. The minimum Gasteiger partial charge on any atom is -0.459 e. The van der Waals surface area contributed by atoms with Crippen LogP contribution in [-0.2, 0) is 20.9 Å². The number of carbonyl (C=O) groups excluding carboxylic acids is 1. The Bertz CT molecular complexity index is 2250. The van der Waals surface area contributed by atoms with Gasteiger partial charge in [0.25, 0.3) is 11.4 Å². The molecule has 0 saturated heterocycles. The molecule has 70 heavy (non-hydrogen) atoms. The van der Waals surface area contributed by atoms with E-state index in [-0.39, 0.29) is 74.3 Å². The fourth-order valence-electron chi connectivity index (χ4n) is 10.5. The average molecular weight is 969 g/mol. The number of nitrogens with zero attached hydrogens (tertiary/aromatic N) is 4. The van der Waals surface area contributed by atoms with Gasteiger partial charge in [-0.2, -0.15) is 0 Å². The first-order valence-corrected chi connectivity index (χ1v) is 25.3. The number of allylic oxidation sites excluding steroid dienone is 1. The summed E-state index contributed by atoms with van der Waals surface area (Å²) in [6.45, 7) is 6.65. The van der Waals surface area contributed by atoms with Gasteiger partial charge in [0.05, 0.1) is 40.8 Å². The smallest absolute Gasteiger partial charge is 0.409 e. The molecule has 16 nitrogen and oxygen atoms in total. The van der Waals surface area contributed by atoms with Gasteiger partial charge in [-0.1, -0.05) is 101 Å². The molecule has 2 aliphatic carbocycles. The van der Waals surface area contributed by atoms with Crippen LogP contribution >= 0.6 is 0 Å². The van der Waals surface area contributed by atoms with Crippen molar-refractivity contribution in [3.8, 4) is 17.2 Å². The monoisotopic (exact) mass is 969 g/mol. The van der Waals surface area contributed by atoms with E-state index in [1.807, 2.05) is 12.1 Å². The van der Waals surface area contributed by atoms with E-state index in [0.29, 0.717) is 42.0 Å². The Morgan fingerprint density at radius 1 is 0.857 bits per heavy atom. The second-order valence-corrected chi connectivity index (χ2v) is 18.7. The molecular formula is C54H72N4O12. The highest BCUT2D eigenvalue weighted by Crippen LogP contribution is 2.62. The van der Waals surface area contributed by atoms with Crippen LogP contribution in [0.1, 0.15) is 133 Å². The Hall–Kier alpha value is -5.84. The third kappa shape index (κ3) is 13.7. The fraction of sp³-hybridized carbons (Fsp3) is 0.556. The van der Waals surface area contributed by atoms with Crippen LogP contribution in [-0.4, -0.2) is 82.1 Å². The van der Waals surface area contributed by atoms with Crippen molar-refractivity contribution < 1.29 is 48.6 Å². The molecule has 3 aliphatic rings. The molecule has 6 rings (SSSR count). The lowest BCUT2D eigenvalue weighted by Crippen LogP contribution is -2.69. The number of hydrogen-bond acceptors (Lipinski definition) is 13. The number of benzene rings is 3. The van der Waals surface area contributed by atoms with Crippen molar-refractivity contribution in [2.75, 3.05) is 33.5 Å². The van der Waals surface area contributed by atoms with E-state index in [9.17, 15) is 35.2 Å². The van der Waals surface area contributed by atoms with Gasteiger partial charge in [0.15, 0.2) is 0 Å². The number of nitro groups is 2. The zero-order valence-electron chi connectivity index (χ0n) is 40.9. The van der Waals surface area contributed by atoms with Crippen molar-refractivity contribution in [2.24, 2.45) is 22.9 Å². The number of hydrogen-bond donors (Lipinski definition) is 2. The number of fused-ring (bicyclic) bond motifs is 2. The number of non-ortho nitro benzene ring substituents is 2. The Balaban J connectivity index is 1.41. The van der Waals surface area contributed by atoms with Crippen LogP contribution in [0.25, 0.3) is 0 Å². The summed E-state index contributed by atoms with van der Waals surface area (Å²) in [7, 11) is 1.69. The van der Waals surface area contributed by atoms with E-state index in [1.54, 1.807) is 48.4 Å². The number of amides is 1. The molecular weight excluding hydrogens is 897 g/mol. The van der Waals surface area contributed by atoms with Crippen LogP contribution in [0.4, 0.5) is 16.2 Å². The Kier molecular flexibility index (Phi) is 20.6. The van der Waals surface area contributed by atoms with Gasteiger partial charge in [0.2, 0.25) is 5.79 Å². The van der Waals surface area contributed by atoms with Gasteiger partial charge in [-0.25, -0.2) is 4.79 Å². The molecule has 6 atom stereocenters. The van der Waals surface area contributed by atoms with Gasteiger partial charge >= 0.3 is 6.09 Å². The molecule has 2 N–H and O–H groups in total. The molecule has 1 aliphatic heterocycles. The SMILES string of the molecule is C=CCO[C@@]12Oc3ccc(Oc4cccc([N+](=O)[O-])c4)cc3[C@H]3[C@H](CCCCO)[C@@H](CCCCO)C=C(C(=NOCc4ccc([N+](=O)[O-])cc4)C[C@@H]1N(C)C(=O)OCCCCCCCCCCCC)[C@H]32.